The molecule has 0 rings (SSSR count). The number of nitrogens with zero attached hydrogens (tertiary/aromatic N) is 1. The van der Waals surface area contributed by atoms with Gasteiger partial charge in [0, 0.05) is 0 Å². The SMILES string of the molecule is CCP(C)(CC)(CC)C(F)(F)N(S(=O)(=O)C(F)(F)F)S(=O)(=O)C(F)(F)F. The molecule has 0 aliphatic rings. The van der Waals surface area contributed by atoms with Crippen LogP contribution in [-0.2, 0) is 20.0 Å². The molecule has 0 fully saturated rings. The van der Waals surface area contributed by atoms with Crippen LogP contribution in [0.1, 0.15) is 20.8 Å². The molecule has 0 aromatic heterocycles. The van der Waals surface area contributed by atoms with Crippen LogP contribution < -0.4 is 0 Å². The molecule has 0 unspecified atom stereocenters. The minimum absolute atomic E-state index is 0.677. The van der Waals surface area contributed by atoms with Crippen molar-refractivity contribution >= 4 is 26.6 Å². The number of hydrogen-bond donors (Lipinski definition) is 0. The van der Waals surface area contributed by atoms with Crippen LogP contribution in [0.15, 0.2) is 0 Å². The molecular formula is C10H18F8NO4PS2. The maximum absolute atomic E-state index is 15.1. The van der Waals surface area contributed by atoms with Crippen molar-refractivity contribution < 1.29 is 52.0 Å². The Balaban J connectivity index is 7.37. The summed E-state index contributed by atoms with van der Waals surface area (Å²) in [5.74, 6) is -5.45. The number of rotatable bonds is 7. The van der Waals surface area contributed by atoms with Crippen LogP contribution in [0.2, 0.25) is 0 Å². The van der Waals surface area contributed by atoms with Crippen LogP contribution in [0.5, 0.6) is 0 Å². The fraction of sp³-hybridized carbons (Fsp3) is 1.00. The molecule has 0 saturated carbocycles. The number of alkyl halides is 8. The van der Waals surface area contributed by atoms with Crippen LogP contribution in [0.25, 0.3) is 0 Å². The molecule has 16 heteroatoms. The van der Waals surface area contributed by atoms with E-state index in [9.17, 15) is 43.2 Å². The summed E-state index contributed by atoms with van der Waals surface area (Å²) in [5, 5.41) is 0. The summed E-state index contributed by atoms with van der Waals surface area (Å²) in [6.45, 7) is -1.30. The van der Waals surface area contributed by atoms with E-state index in [2.05, 4.69) is 0 Å². The zero-order valence-corrected chi connectivity index (χ0v) is 16.5. The van der Waals surface area contributed by atoms with Crippen molar-refractivity contribution in [3.63, 3.8) is 0 Å². The van der Waals surface area contributed by atoms with Crippen molar-refractivity contribution in [1.82, 2.24) is 3.71 Å². The van der Waals surface area contributed by atoms with Crippen LogP contribution in [0.4, 0.5) is 35.1 Å². The zero-order valence-electron chi connectivity index (χ0n) is 14.0. The summed E-state index contributed by atoms with van der Waals surface area (Å²) in [5.41, 5.74) is -13.4. The van der Waals surface area contributed by atoms with E-state index in [1.165, 1.54) is 0 Å². The Morgan fingerprint density at radius 2 is 0.923 bits per heavy atom. The van der Waals surface area contributed by atoms with Gasteiger partial charge in [-0.05, 0) is 0 Å². The van der Waals surface area contributed by atoms with E-state index < -0.39 is 65.7 Å². The fourth-order valence-electron chi connectivity index (χ4n) is 2.10. The zero-order chi connectivity index (χ0) is 21.6. The first kappa shape index (κ1) is 25.7. The Hall–Kier alpha value is -0.270. The maximum atomic E-state index is 15.1. The molecule has 0 radical (unpaired) electrons. The topological polar surface area (TPSA) is 71.5 Å². The van der Waals surface area contributed by atoms with Crippen molar-refractivity contribution in [2.75, 3.05) is 25.2 Å². The Bertz CT molecular complexity index is 685. The van der Waals surface area contributed by atoms with Crippen molar-refractivity contribution in [3.8, 4) is 0 Å². The average Bonchev–Trinajstić information content (AvgIpc) is 2.43. The number of halogens is 8. The van der Waals surface area contributed by atoms with Crippen molar-refractivity contribution in [2.45, 2.75) is 37.6 Å². The van der Waals surface area contributed by atoms with Gasteiger partial charge in [0.05, 0.1) is 0 Å². The van der Waals surface area contributed by atoms with Gasteiger partial charge in [-0.3, -0.25) is 0 Å². The molecule has 26 heavy (non-hydrogen) atoms. The fourth-order valence-corrected chi connectivity index (χ4v) is 9.76. The molecular weight excluding hydrogens is 445 g/mol. The molecule has 160 valence electrons. The summed E-state index contributed by atoms with van der Waals surface area (Å²) >= 11 is 0. The third-order valence-corrected chi connectivity index (χ3v) is 16.2. The average molecular weight is 463 g/mol. The molecule has 0 atom stereocenters. The van der Waals surface area contributed by atoms with Crippen LogP contribution in [0.3, 0.4) is 0 Å². The van der Waals surface area contributed by atoms with E-state index >= 15 is 8.78 Å². The van der Waals surface area contributed by atoms with Gasteiger partial charge < -0.3 is 0 Å². The molecule has 5 nitrogen and oxygen atoms in total. The van der Waals surface area contributed by atoms with Gasteiger partial charge in [-0.25, -0.2) is 0 Å². The second-order valence-electron chi connectivity index (χ2n) is 5.87. The molecule has 0 heterocycles. The van der Waals surface area contributed by atoms with Gasteiger partial charge in [0.25, 0.3) is 0 Å². The molecule has 0 aromatic carbocycles. The first-order valence-electron chi connectivity index (χ1n) is 6.92. The summed E-state index contributed by atoms with van der Waals surface area (Å²) in [6.07, 6.45) is -2.07. The monoisotopic (exact) mass is 463 g/mol. The molecule has 0 N–H and O–H groups in total. The summed E-state index contributed by atoms with van der Waals surface area (Å²) < 4.78 is 150. The second kappa shape index (κ2) is 6.66. The third kappa shape index (κ3) is 3.44. The van der Waals surface area contributed by atoms with Gasteiger partial charge in [0.15, 0.2) is 0 Å². The van der Waals surface area contributed by atoms with Gasteiger partial charge >= 0.3 is 145 Å². The first-order chi connectivity index (χ1) is 11.1. The van der Waals surface area contributed by atoms with E-state index in [0.717, 1.165) is 20.8 Å². The standard InChI is InChI=1S/C10H18F8NO4PS2/c1-5-24(4,6-2,7-3)10(17,18)19(25(20,21)8(11,12)13)26(22,23)9(14,15)16/h5-7H2,1-4H3. The number of sulfonamides is 2. The van der Waals surface area contributed by atoms with Gasteiger partial charge in [0.1, 0.15) is 0 Å². The minimum atomic E-state index is -7.58. The van der Waals surface area contributed by atoms with Crippen LogP contribution in [0, 0.1) is 0 Å². The van der Waals surface area contributed by atoms with Gasteiger partial charge in [0.2, 0.25) is 0 Å². The van der Waals surface area contributed by atoms with E-state index in [1.807, 2.05) is 0 Å². The Morgan fingerprint density at radius 3 is 1.08 bits per heavy atom. The summed E-state index contributed by atoms with van der Waals surface area (Å²) in [6, 6.07) is 0. The third-order valence-electron chi connectivity index (χ3n) is 4.85. The Kier molecular flexibility index (Phi) is 6.59. The molecule has 0 amide bonds. The van der Waals surface area contributed by atoms with Gasteiger partial charge in [-0.15, -0.1) is 0 Å². The van der Waals surface area contributed by atoms with Crippen LogP contribution in [-0.4, -0.2) is 62.5 Å². The quantitative estimate of drug-likeness (QED) is 0.327. The van der Waals surface area contributed by atoms with E-state index in [0.29, 0.717) is 6.66 Å². The van der Waals surface area contributed by atoms with E-state index in [-0.39, 0.29) is 0 Å². The number of hydrogen-bond acceptors (Lipinski definition) is 4. The molecule has 0 spiro atoms. The molecule has 0 aliphatic heterocycles. The summed E-state index contributed by atoms with van der Waals surface area (Å²) in [7, 11) is -15.2. The van der Waals surface area contributed by atoms with Crippen molar-refractivity contribution in [1.29, 1.82) is 0 Å². The van der Waals surface area contributed by atoms with Gasteiger partial charge in [-0.1, -0.05) is 0 Å². The predicted octanol–water partition coefficient (Wildman–Crippen LogP) is 3.78. The Labute approximate surface area is 145 Å². The van der Waals surface area contributed by atoms with E-state index in [1.54, 1.807) is 0 Å². The van der Waals surface area contributed by atoms with Gasteiger partial charge in [-0.2, -0.15) is 0 Å². The predicted molar refractivity (Wildman–Crippen MR) is 81.2 cm³/mol. The molecule has 0 saturated heterocycles. The van der Waals surface area contributed by atoms with Crippen LogP contribution >= 0.6 is 6.60 Å². The second-order valence-corrected chi connectivity index (χ2v) is 16.7. The first-order valence-corrected chi connectivity index (χ1v) is 13.0. The molecule has 0 aliphatic carbocycles. The van der Waals surface area contributed by atoms with Crippen molar-refractivity contribution in [2.24, 2.45) is 0 Å². The molecule has 0 bridgehead atoms. The summed E-state index contributed by atoms with van der Waals surface area (Å²) in [4.78, 5) is 0. The molecule has 0 aromatic rings. The van der Waals surface area contributed by atoms with Crippen molar-refractivity contribution in [3.05, 3.63) is 0 Å². The normalized spacial score (nSPS) is 17.2. The Morgan fingerprint density at radius 1 is 0.692 bits per heavy atom. The van der Waals surface area contributed by atoms with E-state index in [4.69, 9.17) is 0 Å².